The van der Waals surface area contributed by atoms with E-state index in [4.69, 9.17) is 17.9 Å². The highest BCUT2D eigenvalue weighted by Gasteiger charge is 2.35. The number of primary amides is 2. The maximum atomic E-state index is 12.7. The number of likely N-dealkylation sites (tertiary alicyclic amines) is 1. The van der Waals surface area contributed by atoms with Crippen LogP contribution >= 0.6 is 0 Å². The Bertz CT molecular complexity index is 2000. The number of rotatable bonds is 6. The number of hydrogen-bond donors (Lipinski definition) is 8. The first-order valence-electron chi connectivity index (χ1n) is 18.1. The molecule has 2 fully saturated rings. The summed E-state index contributed by atoms with van der Waals surface area (Å²) in [5.74, 6) is -5.78. The molecule has 5 amide bonds. The van der Waals surface area contributed by atoms with E-state index < -0.39 is 48.8 Å². The van der Waals surface area contributed by atoms with Crippen LogP contribution in [0, 0.1) is 0 Å². The Hall–Kier alpha value is -6.63. The predicted octanol–water partition coefficient (Wildman–Crippen LogP) is 2.10. The number of pyridine rings is 2. The SMILES string of the molecule is NC(=O)c1cncc(NC(=O)C(=O)N2CC[C@@H](O)C[C@H]2c2ccccc2)c1.NC(=O)c1cncc(NC(=O)C(=O)O)c1.O[C@@H]1CCN[C@H](c2ccccc2)C1.[2H]CF. The maximum absolute atomic E-state index is 12.7. The third-order valence-corrected chi connectivity index (χ3v) is 8.55. The minimum absolute atomic E-state index is 0.0817. The molecule has 10 N–H and O–H groups in total. The minimum atomic E-state index is -1.63. The van der Waals surface area contributed by atoms with Crippen LogP contribution in [0.15, 0.2) is 97.6 Å². The van der Waals surface area contributed by atoms with Crippen molar-refractivity contribution in [3.63, 3.8) is 0 Å². The number of aliphatic carboxylic acids is 1. The number of nitrogens with zero attached hydrogens (tertiary/aromatic N) is 3. The van der Waals surface area contributed by atoms with Crippen molar-refractivity contribution in [1.29, 1.82) is 0 Å². The van der Waals surface area contributed by atoms with Gasteiger partial charge in [0.2, 0.25) is 11.8 Å². The molecule has 2 aliphatic rings. The molecular formula is C39H45FN8O9. The van der Waals surface area contributed by atoms with Crippen LogP contribution in [0.5, 0.6) is 0 Å². The molecule has 4 heterocycles. The van der Waals surface area contributed by atoms with Gasteiger partial charge in [-0.2, -0.15) is 0 Å². The predicted molar refractivity (Wildman–Crippen MR) is 206 cm³/mol. The molecule has 2 saturated heterocycles. The molecule has 302 valence electrons. The lowest BCUT2D eigenvalue weighted by Crippen LogP contribution is -2.47. The van der Waals surface area contributed by atoms with Gasteiger partial charge in [-0.3, -0.25) is 38.3 Å². The number of amides is 5. The fraction of sp³-hybridized carbons (Fsp3) is 0.282. The first-order valence-corrected chi connectivity index (χ1v) is 17.4. The molecule has 6 rings (SSSR count). The van der Waals surface area contributed by atoms with Crippen LogP contribution in [-0.2, 0) is 19.2 Å². The fourth-order valence-electron chi connectivity index (χ4n) is 5.80. The average molecular weight is 790 g/mol. The number of benzene rings is 2. The van der Waals surface area contributed by atoms with Gasteiger partial charge in [-0.05, 0) is 55.5 Å². The Morgan fingerprint density at radius 3 is 1.75 bits per heavy atom. The molecule has 57 heavy (non-hydrogen) atoms. The molecule has 0 radical (unpaired) electrons. The van der Waals surface area contributed by atoms with Crippen LogP contribution in [0.1, 0.15) is 71.0 Å². The van der Waals surface area contributed by atoms with Crippen LogP contribution in [0.4, 0.5) is 15.8 Å². The summed E-state index contributed by atoms with van der Waals surface area (Å²) in [4.78, 5) is 77.0. The number of nitrogens with two attached hydrogens (primary N) is 2. The minimum Gasteiger partial charge on any atom is -0.474 e. The topological polar surface area (TPSA) is 280 Å². The highest BCUT2D eigenvalue weighted by Crippen LogP contribution is 2.31. The first kappa shape index (κ1) is 43.1. The molecule has 2 aliphatic heterocycles. The van der Waals surface area contributed by atoms with Crippen LogP contribution < -0.4 is 27.4 Å². The van der Waals surface area contributed by atoms with Crippen molar-refractivity contribution in [2.75, 3.05) is 30.9 Å². The number of carboxylic acids is 1. The van der Waals surface area contributed by atoms with Gasteiger partial charge in [-0.25, -0.2) is 4.79 Å². The number of carbonyl (C=O) groups is 6. The van der Waals surface area contributed by atoms with E-state index in [-0.39, 0.29) is 41.2 Å². The van der Waals surface area contributed by atoms with Crippen LogP contribution in [0.3, 0.4) is 0 Å². The molecule has 2 aromatic carbocycles. The molecule has 2 aromatic heterocycles. The van der Waals surface area contributed by atoms with Crippen molar-refractivity contribution in [2.24, 2.45) is 11.5 Å². The Balaban J connectivity index is 0.000000245. The number of aromatic nitrogens is 2. The van der Waals surface area contributed by atoms with Crippen molar-refractivity contribution in [3.8, 4) is 0 Å². The van der Waals surface area contributed by atoms with Crippen molar-refractivity contribution >= 4 is 46.9 Å². The van der Waals surface area contributed by atoms with Gasteiger partial charge in [0.15, 0.2) is 0 Å². The Labute approximate surface area is 328 Å². The number of hydrogen-bond acceptors (Lipinski definition) is 11. The third-order valence-electron chi connectivity index (χ3n) is 8.55. The smallest absolute Gasteiger partial charge is 0.394 e. The van der Waals surface area contributed by atoms with E-state index in [1.54, 1.807) is 0 Å². The molecule has 17 nitrogen and oxygen atoms in total. The number of carboxylic acid groups (broad SMARTS) is 1. The summed E-state index contributed by atoms with van der Waals surface area (Å²) in [6, 6.07) is 22.1. The van der Waals surface area contributed by atoms with E-state index in [0.29, 0.717) is 18.9 Å². The van der Waals surface area contributed by atoms with E-state index in [9.17, 15) is 43.4 Å². The lowest BCUT2D eigenvalue weighted by molar-refractivity contribution is -0.147. The molecule has 0 bridgehead atoms. The average Bonchev–Trinajstić information content (AvgIpc) is 3.22. The Morgan fingerprint density at radius 2 is 1.26 bits per heavy atom. The summed E-state index contributed by atoms with van der Waals surface area (Å²) in [6.45, 7) is 1.19. The molecule has 0 unspecified atom stereocenters. The number of nitrogens with one attached hydrogen (secondary N) is 3. The number of alkyl halides is 1. The molecule has 0 aliphatic carbocycles. The molecular weight excluding hydrogens is 743 g/mol. The number of aliphatic hydroxyl groups is 2. The lowest BCUT2D eigenvalue weighted by atomic mass is 9.93. The summed E-state index contributed by atoms with van der Waals surface area (Å²) in [7, 11) is -1.00. The first-order chi connectivity index (χ1) is 27.7. The second kappa shape index (κ2) is 22.7. The maximum Gasteiger partial charge on any atom is 0.394 e. The largest absolute Gasteiger partial charge is 0.474 e. The number of halogens is 1. The molecule has 4 aromatic rings. The van der Waals surface area contributed by atoms with Crippen molar-refractivity contribution < 1.29 is 49.8 Å². The molecule has 18 heteroatoms. The van der Waals surface area contributed by atoms with Crippen molar-refractivity contribution in [2.45, 2.75) is 50.0 Å². The van der Waals surface area contributed by atoms with E-state index in [2.05, 4.69) is 32.7 Å². The molecule has 0 spiro atoms. The van der Waals surface area contributed by atoms with Gasteiger partial charge in [0, 0.05) is 25.0 Å². The lowest BCUT2D eigenvalue weighted by Gasteiger charge is -2.37. The van der Waals surface area contributed by atoms with Gasteiger partial charge in [0.1, 0.15) is 0 Å². The summed E-state index contributed by atoms with van der Waals surface area (Å²) < 4.78 is 15.5. The zero-order valence-corrected chi connectivity index (χ0v) is 30.7. The van der Waals surface area contributed by atoms with E-state index >= 15 is 0 Å². The highest BCUT2D eigenvalue weighted by atomic mass is 19.1. The Morgan fingerprint density at radius 1 is 0.772 bits per heavy atom. The van der Waals surface area contributed by atoms with Crippen molar-refractivity contribution in [3.05, 3.63) is 120 Å². The number of carbonyl (C=O) groups excluding carboxylic acids is 5. The van der Waals surface area contributed by atoms with Gasteiger partial charge >= 0.3 is 23.7 Å². The van der Waals surface area contributed by atoms with Gasteiger partial charge in [-0.1, -0.05) is 60.7 Å². The Kier molecular flexibility index (Phi) is 17.1. The monoisotopic (exact) mass is 789 g/mol. The molecule has 0 saturated carbocycles. The quantitative estimate of drug-likeness (QED) is 0.130. The van der Waals surface area contributed by atoms with Gasteiger partial charge < -0.3 is 47.6 Å². The van der Waals surface area contributed by atoms with E-state index in [1.807, 2.05) is 53.8 Å². The van der Waals surface area contributed by atoms with Gasteiger partial charge in [0.05, 0.1) is 61.7 Å². The van der Waals surface area contributed by atoms with Crippen LogP contribution in [0.25, 0.3) is 0 Å². The third kappa shape index (κ3) is 14.2. The summed E-state index contributed by atoms with van der Waals surface area (Å²) in [5.41, 5.74) is 12.8. The summed E-state index contributed by atoms with van der Waals surface area (Å²) in [6.07, 6.45) is 6.83. The second-order valence-corrected chi connectivity index (χ2v) is 12.6. The van der Waals surface area contributed by atoms with E-state index in [0.717, 1.165) is 24.9 Å². The summed E-state index contributed by atoms with van der Waals surface area (Å²) >= 11 is 0. The highest BCUT2D eigenvalue weighted by molar-refractivity contribution is 6.39. The zero-order chi connectivity index (χ0) is 42.6. The normalized spacial score (nSPS) is 18.5. The van der Waals surface area contributed by atoms with Gasteiger partial charge in [-0.15, -0.1) is 0 Å². The summed E-state index contributed by atoms with van der Waals surface area (Å²) in [5, 5.41) is 35.7. The number of piperidine rings is 2. The fourth-order valence-corrected chi connectivity index (χ4v) is 5.80. The van der Waals surface area contributed by atoms with Gasteiger partial charge in [0.25, 0.3) is 0 Å². The van der Waals surface area contributed by atoms with Crippen LogP contribution in [-0.4, -0.2) is 98.1 Å². The van der Waals surface area contributed by atoms with Crippen LogP contribution in [0.2, 0.25) is 0 Å². The standard InChI is InChI=1S/C19H20N4O4.C11H15NO.C8H7N3O4.CH3F/c20-17(25)13-8-14(11-21-10-13)22-18(26)19(27)23-7-6-15(24)9-16(23)12-4-2-1-3-5-12;13-10-6-7-12-11(8-10)9-4-2-1-3-5-9;9-6(12)4-1-5(3-10-2-4)11-7(13)8(14)15;1-2/h1-5,8,10-11,15-16,24H,6-7,9H2,(H2,20,25)(H,22,26);1-5,10-13H,6-8H2;1-3H,(H2,9,12)(H,11,13)(H,14,15);1H3/t15-,16+;10-,11+;;/m11../s1/i;;;1D. The molecule has 4 atom stereocenters. The van der Waals surface area contributed by atoms with Crippen molar-refractivity contribution in [1.82, 2.24) is 20.2 Å². The number of aliphatic hydroxyl groups excluding tert-OH is 2. The second-order valence-electron chi connectivity index (χ2n) is 12.6. The number of anilines is 2. The zero-order valence-electron chi connectivity index (χ0n) is 31.7. The van der Waals surface area contributed by atoms with E-state index in [1.165, 1.54) is 47.4 Å².